The Balaban J connectivity index is 2.16. The van der Waals surface area contributed by atoms with Crippen molar-refractivity contribution in [1.82, 2.24) is 4.98 Å². The van der Waals surface area contributed by atoms with E-state index in [1.54, 1.807) is 0 Å². The number of ether oxygens (including phenoxy) is 1. The van der Waals surface area contributed by atoms with Crippen LogP contribution in [0.15, 0.2) is 29.3 Å². The summed E-state index contributed by atoms with van der Waals surface area (Å²) in [6.45, 7) is 0.291. The van der Waals surface area contributed by atoms with E-state index in [9.17, 15) is 25.4 Å². The maximum absolute atomic E-state index is 11.7. The zero-order valence-corrected chi connectivity index (χ0v) is 14.5. The number of nitriles is 2. The van der Waals surface area contributed by atoms with Crippen LogP contribution in [0.5, 0.6) is 0 Å². The molecule has 2 aromatic rings. The molecule has 1 aliphatic heterocycles. The van der Waals surface area contributed by atoms with Crippen molar-refractivity contribution in [2.45, 2.75) is 16.7 Å². The van der Waals surface area contributed by atoms with E-state index in [0.29, 0.717) is 18.6 Å². The molecule has 27 heavy (non-hydrogen) atoms. The highest BCUT2D eigenvalue weighted by molar-refractivity contribution is 8.00. The molecule has 0 bridgehead atoms. The van der Waals surface area contributed by atoms with Gasteiger partial charge in [0.2, 0.25) is 0 Å². The molecule has 1 aromatic carbocycles. The number of pyridine rings is 1. The fraction of sp³-hybridized carbons (Fsp3) is 0.176. The van der Waals surface area contributed by atoms with Gasteiger partial charge in [0.1, 0.15) is 33.8 Å². The molecule has 0 amide bonds. The van der Waals surface area contributed by atoms with Gasteiger partial charge in [0.05, 0.1) is 17.1 Å². The molecule has 1 fully saturated rings. The summed E-state index contributed by atoms with van der Waals surface area (Å²) in [5.74, 6) is -0.482. The Labute approximate surface area is 157 Å². The highest BCUT2D eigenvalue weighted by Crippen LogP contribution is 2.38. The first-order chi connectivity index (χ1) is 13.0. The van der Waals surface area contributed by atoms with Crippen molar-refractivity contribution in [3.05, 3.63) is 45.5 Å². The maximum atomic E-state index is 11.7. The van der Waals surface area contributed by atoms with Gasteiger partial charge in [0, 0.05) is 24.1 Å². The van der Waals surface area contributed by atoms with E-state index in [4.69, 9.17) is 10.5 Å². The molecule has 1 aliphatic rings. The number of hydrogen-bond donors (Lipinski definition) is 1. The summed E-state index contributed by atoms with van der Waals surface area (Å²) in [5, 5.41) is 29.7. The summed E-state index contributed by atoms with van der Waals surface area (Å²) in [5.41, 5.74) is 6.51. The Hall–Kier alpha value is -3.63. The average molecular weight is 381 g/mol. The largest absolute Gasteiger partial charge is 0.465 e. The van der Waals surface area contributed by atoms with Crippen molar-refractivity contribution < 1.29 is 14.5 Å². The quantitative estimate of drug-likeness (QED) is 0.477. The van der Waals surface area contributed by atoms with Crippen LogP contribution in [0.25, 0.3) is 11.1 Å². The van der Waals surface area contributed by atoms with Crippen molar-refractivity contribution in [1.29, 1.82) is 10.5 Å². The number of esters is 1. The topological polar surface area (TPSA) is 156 Å². The molecule has 0 aliphatic carbocycles. The van der Waals surface area contributed by atoms with Gasteiger partial charge in [-0.05, 0) is 17.7 Å². The fourth-order valence-corrected chi connectivity index (χ4v) is 3.71. The lowest BCUT2D eigenvalue weighted by Crippen LogP contribution is -2.11. The van der Waals surface area contributed by atoms with Gasteiger partial charge in [-0.2, -0.15) is 10.5 Å². The lowest BCUT2D eigenvalue weighted by atomic mass is 9.96. The summed E-state index contributed by atoms with van der Waals surface area (Å²) < 4.78 is 4.92. The second-order valence-corrected chi connectivity index (χ2v) is 6.71. The number of nitrogen functional groups attached to an aromatic ring is 1. The van der Waals surface area contributed by atoms with Crippen molar-refractivity contribution in [3.63, 3.8) is 0 Å². The predicted octanol–water partition coefficient (Wildman–Crippen LogP) is 2.39. The number of carbonyl (C=O) groups is 1. The second kappa shape index (κ2) is 7.32. The average Bonchev–Trinajstić information content (AvgIpc) is 3.06. The van der Waals surface area contributed by atoms with Gasteiger partial charge >= 0.3 is 5.97 Å². The first-order valence-corrected chi connectivity index (χ1v) is 8.56. The number of nitro groups is 1. The van der Waals surface area contributed by atoms with E-state index in [1.165, 1.54) is 24.3 Å². The minimum absolute atomic E-state index is 0.00116. The van der Waals surface area contributed by atoms with Crippen LogP contribution < -0.4 is 5.73 Å². The summed E-state index contributed by atoms with van der Waals surface area (Å²) in [7, 11) is 0. The summed E-state index contributed by atoms with van der Waals surface area (Å²) >= 11 is 1.05. The van der Waals surface area contributed by atoms with E-state index < -0.39 is 16.1 Å². The third-order valence-electron chi connectivity index (χ3n) is 3.92. The van der Waals surface area contributed by atoms with Gasteiger partial charge in [0.25, 0.3) is 5.69 Å². The standard InChI is InChI=1S/C17H11N5O4S/c18-7-11-14(9-1-3-10(4-2-9)22(24)25)12(8-19)16(21-15(11)20)27-13-5-6-26-17(13)23/h1-4,13H,5-6H2,(H2,20,21). The Kier molecular flexibility index (Phi) is 4.92. The van der Waals surface area contributed by atoms with Gasteiger partial charge in [0.15, 0.2) is 0 Å². The normalized spacial score (nSPS) is 15.6. The molecule has 2 N–H and O–H groups in total. The molecule has 3 rings (SSSR count). The van der Waals surface area contributed by atoms with E-state index in [0.717, 1.165) is 11.8 Å². The Bertz CT molecular complexity index is 1020. The van der Waals surface area contributed by atoms with Crippen LogP contribution in [-0.4, -0.2) is 27.7 Å². The van der Waals surface area contributed by atoms with Crippen molar-refractivity contribution >= 4 is 29.2 Å². The lowest BCUT2D eigenvalue weighted by Gasteiger charge is -2.14. The summed E-state index contributed by atoms with van der Waals surface area (Å²) in [4.78, 5) is 26.2. The van der Waals surface area contributed by atoms with Gasteiger partial charge in [-0.25, -0.2) is 4.98 Å². The van der Waals surface area contributed by atoms with E-state index >= 15 is 0 Å². The van der Waals surface area contributed by atoms with E-state index in [2.05, 4.69) is 4.98 Å². The second-order valence-electron chi connectivity index (χ2n) is 5.52. The smallest absolute Gasteiger partial charge is 0.319 e. The Morgan fingerprint density at radius 2 is 1.93 bits per heavy atom. The summed E-state index contributed by atoms with van der Waals surface area (Å²) in [6, 6.07) is 9.37. The molecule has 0 saturated carbocycles. The Morgan fingerprint density at radius 1 is 1.26 bits per heavy atom. The molecular formula is C17H11N5O4S. The van der Waals surface area contributed by atoms with Crippen LogP contribution in [0.1, 0.15) is 17.5 Å². The highest BCUT2D eigenvalue weighted by atomic mass is 32.2. The number of nitro benzene ring substituents is 1. The van der Waals surface area contributed by atoms with Crippen LogP contribution in [-0.2, 0) is 9.53 Å². The predicted molar refractivity (Wildman–Crippen MR) is 95.4 cm³/mol. The number of non-ortho nitro benzene ring substituents is 1. The summed E-state index contributed by atoms with van der Waals surface area (Å²) in [6.07, 6.45) is 0.475. The number of hydrogen-bond acceptors (Lipinski definition) is 9. The molecular weight excluding hydrogens is 370 g/mol. The number of nitrogens with zero attached hydrogens (tertiary/aromatic N) is 4. The number of rotatable bonds is 4. The molecule has 1 unspecified atom stereocenters. The number of carbonyl (C=O) groups excluding carboxylic acids is 1. The minimum atomic E-state index is -0.548. The highest BCUT2D eigenvalue weighted by Gasteiger charge is 2.30. The van der Waals surface area contributed by atoms with E-state index in [1.807, 2.05) is 12.1 Å². The van der Waals surface area contributed by atoms with Crippen molar-refractivity contribution in [2.24, 2.45) is 0 Å². The molecule has 0 spiro atoms. The zero-order valence-electron chi connectivity index (χ0n) is 13.7. The van der Waals surface area contributed by atoms with Crippen LogP contribution in [0.3, 0.4) is 0 Å². The monoisotopic (exact) mass is 381 g/mol. The molecule has 10 heteroatoms. The number of aromatic nitrogens is 1. The minimum Gasteiger partial charge on any atom is -0.465 e. The molecule has 134 valence electrons. The number of cyclic esters (lactones) is 1. The number of anilines is 1. The third kappa shape index (κ3) is 3.38. The van der Waals surface area contributed by atoms with Gasteiger partial charge in [-0.3, -0.25) is 14.9 Å². The van der Waals surface area contributed by atoms with Gasteiger partial charge < -0.3 is 10.5 Å². The number of nitrogens with two attached hydrogens (primary N) is 1. The van der Waals surface area contributed by atoms with E-state index in [-0.39, 0.29) is 33.2 Å². The maximum Gasteiger partial charge on any atom is 0.319 e. The third-order valence-corrected chi connectivity index (χ3v) is 5.15. The zero-order chi connectivity index (χ0) is 19.6. The van der Waals surface area contributed by atoms with Crippen LogP contribution in [0.4, 0.5) is 11.5 Å². The van der Waals surface area contributed by atoms with Crippen LogP contribution in [0.2, 0.25) is 0 Å². The molecule has 2 heterocycles. The van der Waals surface area contributed by atoms with Gasteiger partial charge in [-0.15, -0.1) is 0 Å². The SMILES string of the molecule is N#Cc1c(N)nc(SC2CCOC2=O)c(C#N)c1-c1ccc([N+](=O)[O-])cc1. The van der Waals surface area contributed by atoms with Crippen LogP contribution >= 0.6 is 11.8 Å². The molecule has 1 aromatic heterocycles. The molecule has 9 nitrogen and oxygen atoms in total. The number of benzene rings is 1. The van der Waals surface area contributed by atoms with Crippen molar-refractivity contribution in [3.8, 4) is 23.3 Å². The molecule has 1 saturated heterocycles. The number of thioether (sulfide) groups is 1. The first kappa shape index (κ1) is 18.2. The lowest BCUT2D eigenvalue weighted by molar-refractivity contribution is -0.384. The Morgan fingerprint density at radius 3 is 2.44 bits per heavy atom. The first-order valence-electron chi connectivity index (χ1n) is 7.68. The molecule has 1 atom stereocenters. The fourth-order valence-electron chi connectivity index (χ4n) is 2.64. The molecule has 0 radical (unpaired) electrons. The van der Waals surface area contributed by atoms with Crippen LogP contribution in [0, 0.1) is 32.8 Å². The van der Waals surface area contributed by atoms with Crippen molar-refractivity contribution in [2.75, 3.05) is 12.3 Å². The van der Waals surface area contributed by atoms with Gasteiger partial charge in [-0.1, -0.05) is 11.8 Å².